The Labute approximate surface area is 100 Å². The quantitative estimate of drug-likeness (QED) is 0.361. The molecule has 0 saturated heterocycles. The Balaban J connectivity index is 4.75. The van der Waals surface area contributed by atoms with Crippen LogP contribution in [0.1, 0.15) is 0 Å². The lowest BCUT2D eigenvalue weighted by Gasteiger charge is -2.42. The molecule has 4 heteroatoms. The zero-order valence-electron chi connectivity index (χ0n) is 8.26. The summed E-state index contributed by atoms with van der Waals surface area (Å²) in [6, 6.07) is 0. The van der Waals surface area contributed by atoms with Crippen LogP contribution < -0.4 is 0 Å². The molecule has 0 aromatic rings. The van der Waals surface area contributed by atoms with Crippen LogP contribution in [-0.4, -0.2) is 16.8 Å². The zero-order valence-corrected chi connectivity index (χ0v) is 14.6. The zero-order chi connectivity index (χ0) is 9.50. The summed E-state index contributed by atoms with van der Waals surface area (Å²) in [7, 11) is -1.97. The molecule has 0 rings (SSSR count). The van der Waals surface area contributed by atoms with Crippen molar-refractivity contribution in [1.29, 1.82) is 0 Å². The smallest absolute Gasteiger partial charge is 0.0710 e. The molecule has 0 radical (unpaired) electrons. The van der Waals surface area contributed by atoms with E-state index in [0.29, 0.717) is 0.675 Å². The number of hydrogen-bond acceptors (Lipinski definition) is 0. The number of alkyl halides is 2. The standard InChI is InChI=1S/C7H18I2Si2/c1-10(2,3)7(8,9)11(4,5)6/h1-6H3. The van der Waals surface area contributed by atoms with Crippen LogP contribution in [0, 0.1) is 0 Å². The Kier molecular flexibility index (Phi) is 4.18. The minimum absolute atomic E-state index is 0.593. The molecule has 0 amide bonds. The molecule has 0 aliphatic rings. The van der Waals surface area contributed by atoms with Gasteiger partial charge in [0, 0.05) is 0 Å². The fourth-order valence-corrected chi connectivity index (χ4v) is 10.1. The molecule has 0 fully saturated rings. The largest absolute Gasteiger partial charge is 0.0747 e. The summed E-state index contributed by atoms with van der Waals surface area (Å²) in [5.74, 6) is 0. The van der Waals surface area contributed by atoms with Gasteiger partial charge in [-0.2, -0.15) is 0 Å². The van der Waals surface area contributed by atoms with E-state index >= 15 is 0 Å². The minimum atomic E-state index is -0.985. The minimum Gasteiger partial charge on any atom is -0.0747 e. The fraction of sp³-hybridized carbons (Fsp3) is 1.00. The molecule has 0 N–H and O–H groups in total. The van der Waals surface area contributed by atoms with E-state index in [1.54, 1.807) is 0 Å². The van der Waals surface area contributed by atoms with E-state index in [2.05, 4.69) is 84.5 Å². The Hall–Kier alpha value is 1.89. The topological polar surface area (TPSA) is 0 Å². The lowest BCUT2D eigenvalue weighted by atomic mass is 11.7. The molecular weight excluding hydrogens is 394 g/mol. The van der Waals surface area contributed by atoms with Gasteiger partial charge in [0.15, 0.2) is 0 Å². The molecule has 0 bridgehead atoms. The third-order valence-electron chi connectivity index (χ3n) is 1.88. The average molecular weight is 412 g/mol. The first-order valence-electron chi connectivity index (χ1n) is 3.88. The van der Waals surface area contributed by atoms with E-state index in [9.17, 15) is 0 Å². The highest BCUT2D eigenvalue weighted by Gasteiger charge is 2.48. The summed E-state index contributed by atoms with van der Waals surface area (Å²) in [5.41, 5.74) is 0. The summed E-state index contributed by atoms with van der Waals surface area (Å²) in [6.45, 7) is 14.9. The van der Waals surface area contributed by atoms with Crippen LogP contribution >= 0.6 is 45.2 Å². The first-order valence-corrected chi connectivity index (χ1v) is 13.0. The summed E-state index contributed by atoms with van der Waals surface area (Å²) in [4.78, 5) is 0. The van der Waals surface area contributed by atoms with Crippen molar-refractivity contribution in [1.82, 2.24) is 0 Å². The third-order valence-corrected chi connectivity index (χ3v) is 29.6. The highest BCUT2D eigenvalue weighted by atomic mass is 127. The second-order valence-electron chi connectivity index (χ2n) is 5.07. The molecule has 0 heterocycles. The van der Waals surface area contributed by atoms with Crippen molar-refractivity contribution in [3.63, 3.8) is 0 Å². The molecule has 0 atom stereocenters. The van der Waals surface area contributed by atoms with Gasteiger partial charge in [0.2, 0.25) is 0 Å². The molecule has 0 aromatic carbocycles. The summed E-state index contributed by atoms with van der Waals surface area (Å²) in [5, 5.41) is 0. The van der Waals surface area contributed by atoms with Crippen LogP contribution in [0.5, 0.6) is 0 Å². The number of halogens is 2. The maximum absolute atomic E-state index is 2.70. The van der Waals surface area contributed by atoms with Crippen molar-refractivity contribution in [3.05, 3.63) is 0 Å². The average Bonchev–Trinajstić information content (AvgIpc) is 1.58. The second-order valence-corrected chi connectivity index (χ2v) is 25.4. The van der Waals surface area contributed by atoms with Crippen LogP contribution in [0.15, 0.2) is 0 Å². The molecule has 0 aliphatic carbocycles. The van der Waals surface area contributed by atoms with E-state index in [1.165, 1.54) is 0 Å². The summed E-state index contributed by atoms with van der Waals surface area (Å²) < 4.78 is 0.593. The van der Waals surface area contributed by atoms with Gasteiger partial charge < -0.3 is 0 Å². The van der Waals surface area contributed by atoms with Crippen molar-refractivity contribution in [2.75, 3.05) is 0 Å². The predicted octanol–water partition coefficient (Wildman–Crippen LogP) is 4.31. The predicted molar refractivity (Wildman–Crippen MR) is 77.5 cm³/mol. The Morgan fingerprint density at radius 1 is 0.727 bits per heavy atom. The first kappa shape index (κ1) is 12.9. The molecule has 0 unspecified atom stereocenters. The third kappa shape index (κ3) is 2.94. The molecular formula is C7H18I2Si2. The molecule has 68 valence electrons. The Bertz CT molecular complexity index is 126. The molecule has 0 aromatic heterocycles. The van der Waals surface area contributed by atoms with Crippen molar-refractivity contribution >= 4 is 61.3 Å². The normalized spacial score (nSPS) is 15.3. The summed E-state index contributed by atoms with van der Waals surface area (Å²) in [6.07, 6.45) is 0. The van der Waals surface area contributed by atoms with E-state index < -0.39 is 16.1 Å². The molecule has 0 aliphatic heterocycles. The summed E-state index contributed by atoms with van der Waals surface area (Å²) >= 11 is 5.40. The SMILES string of the molecule is C[Si](C)(C)C(I)(I)[Si](C)(C)C. The first-order chi connectivity index (χ1) is 4.50. The van der Waals surface area contributed by atoms with Crippen LogP contribution in [0.2, 0.25) is 39.3 Å². The van der Waals surface area contributed by atoms with Gasteiger partial charge in [-0.1, -0.05) is 84.5 Å². The molecule has 0 nitrogen and oxygen atoms in total. The van der Waals surface area contributed by atoms with Gasteiger partial charge in [0.1, 0.15) is 0 Å². The number of rotatable bonds is 2. The maximum atomic E-state index is 2.70. The van der Waals surface area contributed by atoms with Crippen molar-refractivity contribution in [2.24, 2.45) is 0 Å². The fourth-order valence-electron chi connectivity index (χ4n) is 1.12. The Morgan fingerprint density at radius 3 is 0.909 bits per heavy atom. The van der Waals surface area contributed by atoms with Crippen LogP contribution in [0.25, 0.3) is 0 Å². The van der Waals surface area contributed by atoms with Crippen molar-refractivity contribution < 1.29 is 0 Å². The molecule has 0 saturated carbocycles. The Morgan fingerprint density at radius 2 is 0.909 bits per heavy atom. The monoisotopic (exact) mass is 412 g/mol. The van der Waals surface area contributed by atoms with Gasteiger partial charge in [-0.05, 0) is 0 Å². The van der Waals surface area contributed by atoms with Gasteiger partial charge in [0.25, 0.3) is 0 Å². The van der Waals surface area contributed by atoms with E-state index in [1.807, 2.05) is 0 Å². The van der Waals surface area contributed by atoms with Crippen LogP contribution in [-0.2, 0) is 0 Å². The second kappa shape index (κ2) is 3.57. The van der Waals surface area contributed by atoms with Gasteiger partial charge in [-0.15, -0.1) is 0 Å². The van der Waals surface area contributed by atoms with E-state index in [0.717, 1.165) is 0 Å². The highest BCUT2D eigenvalue weighted by molar-refractivity contribution is 14.2. The highest BCUT2D eigenvalue weighted by Crippen LogP contribution is 2.45. The molecule has 11 heavy (non-hydrogen) atoms. The van der Waals surface area contributed by atoms with Gasteiger partial charge in [0.05, 0.1) is 16.8 Å². The lowest BCUT2D eigenvalue weighted by Crippen LogP contribution is -2.57. The van der Waals surface area contributed by atoms with Crippen LogP contribution in [0.4, 0.5) is 0 Å². The van der Waals surface area contributed by atoms with Gasteiger partial charge in [-0.25, -0.2) is 0 Å². The van der Waals surface area contributed by atoms with Crippen LogP contribution in [0.3, 0.4) is 0 Å². The van der Waals surface area contributed by atoms with Gasteiger partial charge >= 0.3 is 0 Å². The maximum Gasteiger partial charge on any atom is 0.0710 e. The van der Waals surface area contributed by atoms with Gasteiger partial charge in [-0.3, -0.25) is 0 Å². The van der Waals surface area contributed by atoms with E-state index in [4.69, 9.17) is 0 Å². The van der Waals surface area contributed by atoms with E-state index in [-0.39, 0.29) is 0 Å². The van der Waals surface area contributed by atoms with Crippen molar-refractivity contribution in [2.45, 2.75) is 40.0 Å². The lowest BCUT2D eigenvalue weighted by molar-refractivity contribution is 1.48. The molecule has 0 spiro atoms. The number of hydrogen-bond donors (Lipinski definition) is 0. The van der Waals surface area contributed by atoms with Crippen molar-refractivity contribution in [3.8, 4) is 0 Å².